The number of hydrogen-bond acceptors (Lipinski definition) is 2. The van der Waals surface area contributed by atoms with Crippen molar-refractivity contribution >= 4 is 11.8 Å². The molecule has 0 aliphatic heterocycles. The smallest absolute Gasteiger partial charge is 0.167 e. The molecule has 0 amide bonds. The molecule has 1 atom stereocenters. The maximum Gasteiger partial charge on any atom is 0.167 e. The van der Waals surface area contributed by atoms with E-state index in [1.807, 2.05) is 29.7 Å². The van der Waals surface area contributed by atoms with Crippen LogP contribution in [0.15, 0.2) is 42.6 Å². The Morgan fingerprint density at radius 1 is 1.12 bits per heavy atom. The first-order chi connectivity index (χ1) is 12.1. The van der Waals surface area contributed by atoms with Gasteiger partial charge in [-0.05, 0) is 67.6 Å². The van der Waals surface area contributed by atoms with E-state index < -0.39 is 0 Å². The third kappa shape index (κ3) is 3.19. The number of nitrogens with zero attached hydrogens (tertiary/aromatic N) is 1. The molecule has 2 aromatic heterocycles. The molecule has 0 spiro atoms. The molecule has 0 saturated carbocycles. The normalized spacial score (nSPS) is 12.3. The van der Waals surface area contributed by atoms with Gasteiger partial charge in [0.1, 0.15) is 5.75 Å². The van der Waals surface area contributed by atoms with Crippen LogP contribution in [0.5, 0.6) is 5.75 Å². The van der Waals surface area contributed by atoms with E-state index in [2.05, 4.69) is 45.0 Å². The Hall–Kier alpha value is -2.55. The summed E-state index contributed by atoms with van der Waals surface area (Å²) in [5.41, 5.74) is 6.04. The lowest BCUT2D eigenvalue weighted by Crippen LogP contribution is -1.99. The summed E-state index contributed by atoms with van der Waals surface area (Å²) in [5, 5.41) is 0. The molecule has 0 aliphatic rings. The largest absolute Gasteiger partial charge is 0.493 e. The van der Waals surface area contributed by atoms with Crippen LogP contribution in [0.2, 0.25) is 0 Å². The Balaban J connectivity index is 2.26. The molecule has 0 fully saturated rings. The standard InChI is InChI=1S/C22H25NO2/c1-5-16(4)17-7-8-22(25-6-2)20(12-17)19-13-18-11-15(3)9-10-23(18)21(19)14-24/h7-14,16H,5-6H2,1-4H3. The molecule has 0 bridgehead atoms. The summed E-state index contributed by atoms with van der Waals surface area (Å²) in [6, 6.07) is 12.5. The SMILES string of the molecule is CCOc1ccc(C(C)CC)cc1-c1cc2cc(C)ccn2c1C=O. The molecule has 3 aromatic rings. The summed E-state index contributed by atoms with van der Waals surface area (Å²) in [6.45, 7) is 9.04. The van der Waals surface area contributed by atoms with Crippen molar-refractivity contribution in [2.45, 2.75) is 40.0 Å². The number of carbonyl (C=O) groups excluding carboxylic acids is 1. The number of hydrogen-bond donors (Lipinski definition) is 0. The summed E-state index contributed by atoms with van der Waals surface area (Å²) >= 11 is 0. The van der Waals surface area contributed by atoms with Crippen LogP contribution in [0.25, 0.3) is 16.6 Å². The molecule has 2 heterocycles. The topological polar surface area (TPSA) is 30.7 Å². The fraction of sp³-hybridized carbons (Fsp3) is 0.318. The van der Waals surface area contributed by atoms with Crippen molar-refractivity contribution in [1.82, 2.24) is 4.40 Å². The number of aromatic nitrogens is 1. The molecular weight excluding hydrogens is 310 g/mol. The van der Waals surface area contributed by atoms with Crippen molar-refractivity contribution in [3.05, 3.63) is 59.4 Å². The highest BCUT2D eigenvalue weighted by Crippen LogP contribution is 2.37. The van der Waals surface area contributed by atoms with Crippen molar-refractivity contribution in [3.8, 4) is 16.9 Å². The molecule has 3 heteroatoms. The van der Waals surface area contributed by atoms with Crippen LogP contribution in [0, 0.1) is 6.92 Å². The van der Waals surface area contributed by atoms with Gasteiger partial charge in [0, 0.05) is 22.8 Å². The van der Waals surface area contributed by atoms with Crippen molar-refractivity contribution in [2.75, 3.05) is 6.61 Å². The van der Waals surface area contributed by atoms with Crippen LogP contribution in [0.3, 0.4) is 0 Å². The van der Waals surface area contributed by atoms with Gasteiger partial charge in [0.25, 0.3) is 0 Å². The van der Waals surface area contributed by atoms with E-state index >= 15 is 0 Å². The summed E-state index contributed by atoms with van der Waals surface area (Å²) in [7, 11) is 0. The minimum Gasteiger partial charge on any atom is -0.493 e. The highest BCUT2D eigenvalue weighted by molar-refractivity contribution is 5.91. The molecule has 1 aromatic carbocycles. The van der Waals surface area contributed by atoms with E-state index in [1.54, 1.807) is 0 Å². The fourth-order valence-corrected chi connectivity index (χ4v) is 3.23. The third-order valence-electron chi connectivity index (χ3n) is 4.85. The maximum atomic E-state index is 11.8. The minimum atomic E-state index is 0.466. The summed E-state index contributed by atoms with van der Waals surface area (Å²) < 4.78 is 7.80. The van der Waals surface area contributed by atoms with E-state index in [4.69, 9.17) is 4.74 Å². The maximum absolute atomic E-state index is 11.8. The van der Waals surface area contributed by atoms with Crippen LogP contribution in [-0.4, -0.2) is 17.3 Å². The second kappa shape index (κ2) is 7.14. The number of fused-ring (bicyclic) bond motifs is 1. The van der Waals surface area contributed by atoms with Gasteiger partial charge >= 0.3 is 0 Å². The highest BCUT2D eigenvalue weighted by atomic mass is 16.5. The van der Waals surface area contributed by atoms with Crippen LogP contribution in [0.4, 0.5) is 0 Å². The number of carbonyl (C=O) groups is 1. The molecule has 0 radical (unpaired) electrons. The third-order valence-corrected chi connectivity index (χ3v) is 4.85. The molecule has 0 saturated heterocycles. The number of pyridine rings is 1. The van der Waals surface area contributed by atoms with E-state index in [-0.39, 0.29) is 0 Å². The Bertz CT molecular complexity index is 908. The summed E-state index contributed by atoms with van der Waals surface area (Å²) in [6.07, 6.45) is 3.96. The van der Waals surface area contributed by atoms with Crippen LogP contribution < -0.4 is 4.74 Å². The Morgan fingerprint density at radius 3 is 2.60 bits per heavy atom. The van der Waals surface area contributed by atoms with Gasteiger partial charge in [0.2, 0.25) is 0 Å². The van der Waals surface area contributed by atoms with Gasteiger partial charge < -0.3 is 9.14 Å². The molecule has 1 unspecified atom stereocenters. The van der Waals surface area contributed by atoms with Crippen LogP contribution >= 0.6 is 0 Å². The first kappa shape index (κ1) is 17.3. The molecule has 0 aliphatic carbocycles. The molecule has 130 valence electrons. The van der Waals surface area contributed by atoms with Crippen molar-refractivity contribution < 1.29 is 9.53 Å². The van der Waals surface area contributed by atoms with Gasteiger partial charge in [-0.25, -0.2) is 0 Å². The molecule has 0 N–H and O–H groups in total. The van der Waals surface area contributed by atoms with E-state index in [0.29, 0.717) is 18.2 Å². The van der Waals surface area contributed by atoms with Gasteiger partial charge in [-0.1, -0.05) is 19.9 Å². The predicted octanol–water partition coefficient (Wildman–Crippen LogP) is 5.64. The lowest BCUT2D eigenvalue weighted by Gasteiger charge is -2.15. The first-order valence-corrected chi connectivity index (χ1v) is 8.93. The van der Waals surface area contributed by atoms with Crippen LogP contribution in [-0.2, 0) is 0 Å². The van der Waals surface area contributed by atoms with E-state index in [1.165, 1.54) is 11.1 Å². The Morgan fingerprint density at radius 2 is 1.92 bits per heavy atom. The summed E-state index contributed by atoms with van der Waals surface area (Å²) in [4.78, 5) is 11.8. The number of ether oxygens (including phenoxy) is 1. The molecular formula is C22H25NO2. The zero-order chi connectivity index (χ0) is 18.0. The predicted molar refractivity (Wildman–Crippen MR) is 103 cm³/mol. The molecule has 25 heavy (non-hydrogen) atoms. The zero-order valence-corrected chi connectivity index (χ0v) is 15.4. The van der Waals surface area contributed by atoms with Gasteiger partial charge in [-0.15, -0.1) is 0 Å². The first-order valence-electron chi connectivity index (χ1n) is 8.93. The van der Waals surface area contributed by atoms with Crippen LogP contribution in [0.1, 0.15) is 54.7 Å². The average Bonchev–Trinajstić information content (AvgIpc) is 2.98. The van der Waals surface area contributed by atoms with Gasteiger partial charge in [-0.3, -0.25) is 4.79 Å². The summed E-state index contributed by atoms with van der Waals surface area (Å²) in [5.74, 6) is 1.29. The lowest BCUT2D eigenvalue weighted by atomic mass is 9.94. The van der Waals surface area contributed by atoms with E-state index in [9.17, 15) is 4.79 Å². The second-order valence-corrected chi connectivity index (χ2v) is 6.56. The van der Waals surface area contributed by atoms with E-state index in [0.717, 1.165) is 35.1 Å². The number of aldehydes is 1. The van der Waals surface area contributed by atoms with Crippen molar-refractivity contribution in [1.29, 1.82) is 0 Å². The second-order valence-electron chi connectivity index (χ2n) is 6.56. The van der Waals surface area contributed by atoms with Crippen molar-refractivity contribution in [2.24, 2.45) is 0 Å². The monoisotopic (exact) mass is 335 g/mol. The fourth-order valence-electron chi connectivity index (χ4n) is 3.23. The lowest BCUT2D eigenvalue weighted by molar-refractivity contribution is 0.111. The molecule has 3 rings (SSSR count). The Kier molecular flexibility index (Phi) is 4.93. The number of benzene rings is 1. The number of aryl methyl sites for hydroxylation is 1. The number of rotatable bonds is 6. The highest BCUT2D eigenvalue weighted by Gasteiger charge is 2.17. The van der Waals surface area contributed by atoms with Gasteiger partial charge in [0.05, 0.1) is 12.3 Å². The molecule has 3 nitrogen and oxygen atoms in total. The minimum absolute atomic E-state index is 0.466. The Labute approximate surface area is 149 Å². The average molecular weight is 335 g/mol. The quantitative estimate of drug-likeness (QED) is 0.546. The van der Waals surface area contributed by atoms with Gasteiger partial charge in [-0.2, -0.15) is 0 Å². The van der Waals surface area contributed by atoms with Crippen molar-refractivity contribution in [3.63, 3.8) is 0 Å². The van der Waals surface area contributed by atoms with Gasteiger partial charge in [0.15, 0.2) is 6.29 Å². The zero-order valence-electron chi connectivity index (χ0n) is 15.4.